The quantitative estimate of drug-likeness (QED) is 0.634. The van der Waals surface area contributed by atoms with Crippen molar-refractivity contribution >= 4 is 11.8 Å². The number of hydrogen-bond acceptors (Lipinski definition) is 3. The summed E-state index contributed by atoms with van der Waals surface area (Å²) in [5.41, 5.74) is 1.15. The first kappa shape index (κ1) is 16.6. The van der Waals surface area contributed by atoms with Crippen molar-refractivity contribution in [1.29, 1.82) is 0 Å². The van der Waals surface area contributed by atoms with Gasteiger partial charge in [0.25, 0.3) is 0 Å². The molecule has 122 valence electrons. The van der Waals surface area contributed by atoms with Gasteiger partial charge in [0.15, 0.2) is 5.96 Å². The molecule has 1 aliphatic heterocycles. The van der Waals surface area contributed by atoms with Crippen LogP contribution < -0.4 is 4.90 Å². The van der Waals surface area contributed by atoms with Gasteiger partial charge in [-0.05, 0) is 24.5 Å². The molecule has 0 aromatic carbocycles. The molecular weight excluding hydrogens is 274 g/mol. The molecule has 0 unspecified atom stereocenters. The molecule has 0 atom stereocenters. The standard InChI is InChI=1S/C17H29N5/c1-20(2)17(21(3)4)19-14-15-9-10-16(18-13-15)22-11-7-5-6-8-12-22/h9-10,13H,5-8,11-12,14H2,1-4H3. The monoisotopic (exact) mass is 303 g/mol. The first-order valence-electron chi connectivity index (χ1n) is 8.17. The van der Waals surface area contributed by atoms with Crippen LogP contribution in [-0.2, 0) is 6.54 Å². The lowest BCUT2D eigenvalue weighted by atomic mass is 10.2. The van der Waals surface area contributed by atoms with E-state index in [4.69, 9.17) is 0 Å². The molecule has 0 saturated carbocycles. The molecular formula is C17H29N5. The smallest absolute Gasteiger partial charge is 0.195 e. The van der Waals surface area contributed by atoms with Gasteiger partial charge in [0, 0.05) is 47.5 Å². The highest BCUT2D eigenvalue weighted by molar-refractivity contribution is 5.79. The zero-order valence-corrected chi connectivity index (χ0v) is 14.4. The van der Waals surface area contributed by atoms with Crippen LogP contribution in [-0.4, -0.2) is 62.0 Å². The first-order chi connectivity index (χ1) is 10.6. The van der Waals surface area contributed by atoms with Crippen LogP contribution in [0.5, 0.6) is 0 Å². The normalized spacial score (nSPS) is 15.2. The van der Waals surface area contributed by atoms with Crippen molar-refractivity contribution in [3.63, 3.8) is 0 Å². The van der Waals surface area contributed by atoms with Gasteiger partial charge in [-0.25, -0.2) is 9.98 Å². The molecule has 0 amide bonds. The van der Waals surface area contributed by atoms with E-state index in [0.29, 0.717) is 6.54 Å². The number of aliphatic imine (C=N–C) groups is 1. The number of aromatic nitrogens is 1. The van der Waals surface area contributed by atoms with E-state index in [9.17, 15) is 0 Å². The van der Waals surface area contributed by atoms with Crippen LogP contribution >= 0.6 is 0 Å². The second kappa shape index (κ2) is 8.01. The number of nitrogens with zero attached hydrogens (tertiary/aromatic N) is 5. The summed E-state index contributed by atoms with van der Waals surface area (Å²) < 4.78 is 0. The number of pyridine rings is 1. The van der Waals surface area contributed by atoms with E-state index in [-0.39, 0.29) is 0 Å². The molecule has 0 spiro atoms. The lowest BCUT2D eigenvalue weighted by molar-refractivity contribution is 0.479. The van der Waals surface area contributed by atoms with Crippen LogP contribution in [0.2, 0.25) is 0 Å². The molecule has 2 rings (SSSR count). The molecule has 1 aromatic rings. The molecule has 0 aliphatic carbocycles. The fourth-order valence-electron chi connectivity index (χ4n) is 2.84. The maximum absolute atomic E-state index is 4.67. The van der Waals surface area contributed by atoms with Crippen LogP contribution in [0, 0.1) is 0 Å². The molecule has 0 bridgehead atoms. The number of guanidine groups is 1. The van der Waals surface area contributed by atoms with Gasteiger partial charge in [-0.1, -0.05) is 18.9 Å². The summed E-state index contributed by atoms with van der Waals surface area (Å²) in [7, 11) is 8.05. The van der Waals surface area contributed by atoms with E-state index < -0.39 is 0 Å². The van der Waals surface area contributed by atoms with Crippen molar-refractivity contribution in [3.05, 3.63) is 23.9 Å². The average molecular weight is 303 g/mol. The zero-order chi connectivity index (χ0) is 15.9. The highest BCUT2D eigenvalue weighted by Gasteiger charge is 2.11. The van der Waals surface area contributed by atoms with Crippen molar-refractivity contribution in [2.75, 3.05) is 46.2 Å². The van der Waals surface area contributed by atoms with E-state index in [1.807, 2.05) is 44.2 Å². The molecule has 0 N–H and O–H groups in total. The van der Waals surface area contributed by atoms with Crippen molar-refractivity contribution in [1.82, 2.24) is 14.8 Å². The summed E-state index contributed by atoms with van der Waals surface area (Å²) in [6, 6.07) is 4.29. The highest BCUT2D eigenvalue weighted by Crippen LogP contribution is 2.17. The van der Waals surface area contributed by atoms with Crippen LogP contribution in [0.3, 0.4) is 0 Å². The Morgan fingerprint density at radius 1 is 1.05 bits per heavy atom. The van der Waals surface area contributed by atoms with Gasteiger partial charge >= 0.3 is 0 Å². The van der Waals surface area contributed by atoms with Crippen molar-refractivity contribution in [2.45, 2.75) is 32.2 Å². The minimum absolute atomic E-state index is 0.666. The molecule has 5 nitrogen and oxygen atoms in total. The van der Waals surface area contributed by atoms with Crippen LogP contribution in [0.15, 0.2) is 23.3 Å². The number of anilines is 1. The molecule has 1 saturated heterocycles. The summed E-state index contributed by atoms with van der Waals surface area (Å²) >= 11 is 0. The minimum Gasteiger partial charge on any atom is -0.357 e. The molecule has 1 fully saturated rings. The maximum atomic E-state index is 4.67. The Morgan fingerprint density at radius 2 is 1.68 bits per heavy atom. The van der Waals surface area contributed by atoms with E-state index in [2.05, 4.69) is 27.0 Å². The third-order valence-electron chi connectivity index (χ3n) is 3.94. The SMILES string of the molecule is CN(C)C(=NCc1ccc(N2CCCCCC2)nc1)N(C)C. The Kier molecular flexibility index (Phi) is 6.04. The van der Waals surface area contributed by atoms with Crippen molar-refractivity contribution < 1.29 is 0 Å². The van der Waals surface area contributed by atoms with E-state index >= 15 is 0 Å². The van der Waals surface area contributed by atoms with Crippen molar-refractivity contribution in [2.24, 2.45) is 4.99 Å². The summed E-state index contributed by atoms with van der Waals surface area (Å²) in [5, 5.41) is 0. The predicted molar refractivity (Wildman–Crippen MR) is 93.4 cm³/mol. The Balaban J connectivity index is 2.00. The molecule has 22 heavy (non-hydrogen) atoms. The van der Waals surface area contributed by atoms with Crippen molar-refractivity contribution in [3.8, 4) is 0 Å². The Labute approximate surface area is 134 Å². The van der Waals surface area contributed by atoms with Gasteiger partial charge in [-0.3, -0.25) is 0 Å². The second-order valence-corrected chi connectivity index (χ2v) is 6.33. The van der Waals surface area contributed by atoms with Crippen LogP contribution in [0.25, 0.3) is 0 Å². The molecule has 2 heterocycles. The fraction of sp³-hybridized carbons (Fsp3) is 0.647. The van der Waals surface area contributed by atoms with Gasteiger partial charge in [0.1, 0.15) is 5.82 Å². The van der Waals surface area contributed by atoms with Gasteiger partial charge in [-0.15, -0.1) is 0 Å². The molecule has 1 aromatic heterocycles. The summed E-state index contributed by atoms with van der Waals surface area (Å²) in [6.07, 6.45) is 7.22. The maximum Gasteiger partial charge on any atom is 0.195 e. The van der Waals surface area contributed by atoms with Gasteiger partial charge in [0.05, 0.1) is 6.54 Å². The lowest BCUT2D eigenvalue weighted by Crippen LogP contribution is -2.35. The molecule has 0 radical (unpaired) electrons. The number of hydrogen-bond donors (Lipinski definition) is 0. The van der Waals surface area contributed by atoms with Gasteiger partial charge < -0.3 is 14.7 Å². The largest absolute Gasteiger partial charge is 0.357 e. The predicted octanol–water partition coefficient (Wildman–Crippen LogP) is 2.44. The van der Waals surface area contributed by atoms with Crippen LogP contribution in [0.4, 0.5) is 5.82 Å². The summed E-state index contributed by atoms with van der Waals surface area (Å²) in [6.45, 7) is 2.94. The van der Waals surface area contributed by atoms with Gasteiger partial charge in [-0.2, -0.15) is 0 Å². The third-order valence-corrected chi connectivity index (χ3v) is 3.94. The zero-order valence-electron chi connectivity index (χ0n) is 14.4. The van der Waals surface area contributed by atoms with Crippen LogP contribution in [0.1, 0.15) is 31.2 Å². The molecule has 5 heteroatoms. The minimum atomic E-state index is 0.666. The van der Waals surface area contributed by atoms with E-state index in [0.717, 1.165) is 30.4 Å². The summed E-state index contributed by atoms with van der Waals surface area (Å²) in [4.78, 5) is 15.8. The van der Waals surface area contributed by atoms with E-state index in [1.165, 1.54) is 25.7 Å². The Bertz CT molecular complexity index is 460. The Hall–Kier alpha value is -1.78. The lowest BCUT2D eigenvalue weighted by Gasteiger charge is -2.23. The van der Waals surface area contributed by atoms with E-state index in [1.54, 1.807) is 0 Å². The average Bonchev–Trinajstić information content (AvgIpc) is 2.76. The Morgan fingerprint density at radius 3 is 2.18 bits per heavy atom. The molecule has 1 aliphatic rings. The van der Waals surface area contributed by atoms with Gasteiger partial charge in [0.2, 0.25) is 0 Å². The topological polar surface area (TPSA) is 35.0 Å². The third kappa shape index (κ3) is 4.61. The number of rotatable bonds is 3. The summed E-state index contributed by atoms with van der Waals surface area (Å²) in [5.74, 6) is 2.08. The highest BCUT2D eigenvalue weighted by atomic mass is 15.3. The fourth-order valence-corrected chi connectivity index (χ4v) is 2.84. The first-order valence-corrected chi connectivity index (χ1v) is 8.17. The second-order valence-electron chi connectivity index (χ2n) is 6.33.